The molecule has 1 fully saturated rings. The van der Waals surface area contributed by atoms with Crippen LogP contribution in [0.4, 0.5) is 0 Å². The van der Waals surface area contributed by atoms with Crippen molar-refractivity contribution < 1.29 is 9.59 Å². The van der Waals surface area contributed by atoms with Crippen molar-refractivity contribution in [2.45, 2.75) is 52.6 Å². The molecule has 1 aliphatic heterocycles. The Kier molecular flexibility index (Phi) is 6.68. The average molecular weight is 444 g/mol. The molecule has 1 atom stereocenters. The minimum absolute atomic E-state index is 0.0312. The minimum atomic E-state index is -0.0312. The fourth-order valence-corrected chi connectivity index (χ4v) is 4.96. The SMILES string of the molecule is Cc1ccccc1C(=O)NC1CCN(C(=O)c2cc(C)n([C@@H](C)c3ccccc3)c2C)CC1. The maximum absolute atomic E-state index is 13.4. The molecule has 5 heteroatoms. The maximum atomic E-state index is 13.4. The highest BCUT2D eigenvalue weighted by atomic mass is 16.2. The number of hydrogen-bond acceptors (Lipinski definition) is 2. The lowest BCUT2D eigenvalue weighted by atomic mass is 10.0. The molecule has 0 spiro atoms. The maximum Gasteiger partial charge on any atom is 0.255 e. The molecule has 0 unspecified atom stereocenters. The monoisotopic (exact) mass is 443 g/mol. The predicted octanol–water partition coefficient (Wildman–Crippen LogP) is 5.06. The van der Waals surface area contributed by atoms with Crippen LogP contribution in [0.3, 0.4) is 0 Å². The summed E-state index contributed by atoms with van der Waals surface area (Å²) >= 11 is 0. The number of aromatic nitrogens is 1. The summed E-state index contributed by atoms with van der Waals surface area (Å²) in [4.78, 5) is 27.9. The number of benzene rings is 2. The van der Waals surface area contributed by atoms with E-state index < -0.39 is 0 Å². The highest BCUT2D eigenvalue weighted by Gasteiger charge is 2.28. The van der Waals surface area contributed by atoms with Gasteiger partial charge >= 0.3 is 0 Å². The molecule has 2 heterocycles. The Morgan fingerprint density at radius 2 is 1.55 bits per heavy atom. The molecule has 3 aromatic rings. The van der Waals surface area contributed by atoms with E-state index in [4.69, 9.17) is 0 Å². The number of carbonyl (C=O) groups is 2. The zero-order valence-electron chi connectivity index (χ0n) is 20.0. The Morgan fingerprint density at radius 1 is 0.909 bits per heavy atom. The number of hydrogen-bond donors (Lipinski definition) is 1. The summed E-state index contributed by atoms with van der Waals surface area (Å²) in [7, 11) is 0. The zero-order chi connectivity index (χ0) is 23.5. The van der Waals surface area contributed by atoms with Crippen LogP contribution >= 0.6 is 0 Å². The van der Waals surface area contributed by atoms with E-state index in [2.05, 4.69) is 35.9 Å². The number of nitrogens with one attached hydrogen (secondary N) is 1. The fraction of sp³-hybridized carbons (Fsp3) is 0.357. The van der Waals surface area contributed by atoms with E-state index in [1.54, 1.807) is 0 Å². The molecule has 1 N–H and O–H groups in total. The first-order chi connectivity index (χ1) is 15.9. The number of piperidine rings is 1. The third-order valence-corrected chi connectivity index (χ3v) is 6.89. The van der Waals surface area contributed by atoms with E-state index in [0.717, 1.165) is 40.9 Å². The van der Waals surface area contributed by atoms with Gasteiger partial charge in [0, 0.05) is 36.1 Å². The molecule has 5 nitrogen and oxygen atoms in total. The van der Waals surface area contributed by atoms with Crippen LogP contribution < -0.4 is 5.32 Å². The molecule has 0 bridgehead atoms. The largest absolute Gasteiger partial charge is 0.349 e. The highest BCUT2D eigenvalue weighted by Crippen LogP contribution is 2.27. The lowest BCUT2D eigenvalue weighted by molar-refractivity contribution is 0.0697. The van der Waals surface area contributed by atoms with Gasteiger partial charge in [-0.25, -0.2) is 0 Å². The molecule has 0 radical (unpaired) electrons. The summed E-state index contributed by atoms with van der Waals surface area (Å²) < 4.78 is 2.25. The van der Waals surface area contributed by atoms with Crippen LogP contribution in [0.5, 0.6) is 0 Å². The van der Waals surface area contributed by atoms with Gasteiger partial charge in [-0.05, 0) is 63.8 Å². The van der Waals surface area contributed by atoms with Gasteiger partial charge in [-0.2, -0.15) is 0 Å². The molecule has 1 aliphatic rings. The molecule has 1 saturated heterocycles. The van der Waals surface area contributed by atoms with Crippen molar-refractivity contribution in [1.82, 2.24) is 14.8 Å². The van der Waals surface area contributed by atoms with Gasteiger partial charge < -0.3 is 14.8 Å². The average Bonchev–Trinajstić information content (AvgIpc) is 3.13. The van der Waals surface area contributed by atoms with Crippen LogP contribution in [-0.4, -0.2) is 40.4 Å². The standard InChI is InChI=1S/C28H33N3O2/c1-19-10-8-9-13-25(19)27(32)29-24-14-16-30(17-15-24)28(33)26-18-20(2)31(22(26)4)21(3)23-11-6-5-7-12-23/h5-13,18,21,24H,14-17H2,1-4H3,(H,29,32)/t21-/m0/s1. The molecule has 172 valence electrons. The zero-order valence-corrected chi connectivity index (χ0v) is 20.0. The van der Waals surface area contributed by atoms with Crippen molar-refractivity contribution >= 4 is 11.8 Å². The van der Waals surface area contributed by atoms with Crippen molar-refractivity contribution in [2.75, 3.05) is 13.1 Å². The van der Waals surface area contributed by atoms with Crippen molar-refractivity contribution in [1.29, 1.82) is 0 Å². The number of aryl methyl sites for hydroxylation is 2. The van der Waals surface area contributed by atoms with Gasteiger partial charge in [0.15, 0.2) is 0 Å². The lowest BCUT2D eigenvalue weighted by Crippen LogP contribution is -2.46. The molecular formula is C28H33N3O2. The molecule has 33 heavy (non-hydrogen) atoms. The van der Waals surface area contributed by atoms with Gasteiger partial charge in [0.1, 0.15) is 0 Å². The Labute approximate surface area is 196 Å². The summed E-state index contributed by atoms with van der Waals surface area (Å²) in [6, 6.07) is 20.3. The van der Waals surface area contributed by atoms with Crippen LogP contribution in [0.25, 0.3) is 0 Å². The van der Waals surface area contributed by atoms with Crippen LogP contribution in [0.15, 0.2) is 60.7 Å². The first-order valence-corrected chi connectivity index (χ1v) is 11.8. The van der Waals surface area contributed by atoms with Gasteiger partial charge in [0.25, 0.3) is 11.8 Å². The quantitative estimate of drug-likeness (QED) is 0.599. The van der Waals surface area contributed by atoms with E-state index in [1.165, 1.54) is 5.56 Å². The highest BCUT2D eigenvalue weighted by molar-refractivity contribution is 5.96. The van der Waals surface area contributed by atoms with Crippen molar-refractivity contribution in [3.8, 4) is 0 Å². The van der Waals surface area contributed by atoms with E-state index in [1.807, 2.05) is 67.3 Å². The second-order valence-corrected chi connectivity index (χ2v) is 9.10. The summed E-state index contributed by atoms with van der Waals surface area (Å²) in [5.74, 6) is 0.0506. The van der Waals surface area contributed by atoms with E-state index in [9.17, 15) is 9.59 Å². The number of rotatable bonds is 5. The molecular weight excluding hydrogens is 410 g/mol. The van der Waals surface area contributed by atoms with Gasteiger partial charge in [-0.3, -0.25) is 9.59 Å². The van der Waals surface area contributed by atoms with Crippen molar-refractivity contribution in [3.05, 3.63) is 94.3 Å². The van der Waals surface area contributed by atoms with Crippen LogP contribution in [0.2, 0.25) is 0 Å². The molecule has 1 aromatic heterocycles. The summed E-state index contributed by atoms with van der Waals surface area (Å²) in [6.07, 6.45) is 1.53. The second-order valence-electron chi connectivity index (χ2n) is 9.10. The van der Waals surface area contributed by atoms with Gasteiger partial charge in [-0.1, -0.05) is 48.5 Å². The van der Waals surface area contributed by atoms with Gasteiger partial charge in [-0.15, -0.1) is 0 Å². The van der Waals surface area contributed by atoms with Crippen LogP contribution in [0, 0.1) is 20.8 Å². The Morgan fingerprint density at radius 3 is 2.21 bits per heavy atom. The van der Waals surface area contributed by atoms with Gasteiger partial charge in [0.05, 0.1) is 11.6 Å². The molecule has 2 amide bonds. The smallest absolute Gasteiger partial charge is 0.255 e. The molecule has 2 aromatic carbocycles. The molecule has 4 rings (SSSR count). The Bertz CT molecular complexity index is 1140. The first-order valence-electron chi connectivity index (χ1n) is 11.8. The lowest BCUT2D eigenvalue weighted by Gasteiger charge is -2.32. The number of likely N-dealkylation sites (tertiary alicyclic amines) is 1. The van der Waals surface area contributed by atoms with Gasteiger partial charge in [0.2, 0.25) is 0 Å². The van der Waals surface area contributed by atoms with E-state index in [-0.39, 0.29) is 23.9 Å². The summed E-state index contributed by atoms with van der Waals surface area (Å²) in [6.45, 7) is 9.52. The number of nitrogens with zero attached hydrogens (tertiary/aromatic N) is 2. The number of carbonyl (C=O) groups excluding carboxylic acids is 2. The third-order valence-electron chi connectivity index (χ3n) is 6.89. The van der Waals surface area contributed by atoms with E-state index >= 15 is 0 Å². The fourth-order valence-electron chi connectivity index (χ4n) is 4.96. The summed E-state index contributed by atoms with van der Waals surface area (Å²) in [5, 5.41) is 3.15. The van der Waals surface area contributed by atoms with Crippen LogP contribution in [-0.2, 0) is 0 Å². The normalized spacial score (nSPS) is 15.3. The summed E-state index contributed by atoms with van der Waals surface area (Å²) in [5.41, 5.74) is 5.79. The van der Waals surface area contributed by atoms with E-state index in [0.29, 0.717) is 13.1 Å². The minimum Gasteiger partial charge on any atom is -0.349 e. The number of amides is 2. The van der Waals surface area contributed by atoms with Crippen molar-refractivity contribution in [2.24, 2.45) is 0 Å². The topological polar surface area (TPSA) is 54.3 Å². The Hall–Kier alpha value is -3.34. The van der Waals surface area contributed by atoms with Crippen molar-refractivity contribution in [3.63, 3.8) is 0 Å². The molecule has 0 saturated carbocycles. The first kappa shape index (κ1) is 22.8. The third kappa shape index (κ3) is 4.72. The second kappa shape index (κ2) is 9.65. The molecule has 0 aliphatic carbocycles. The van der Waals surface area contributed by atoms with Crippen LogP contribution in [0.1, 0.15) is 69.0 Å². The predicted molar refractivity (Wildman–Crippen MR) is 132 cm³/mol. The Balaban J connectivity index is 1.41.